The summed E-state index contributed by atoms with van der Waals surface area (Å²) >= 11 is 0. The van der Waals surface area contributed by atoms with E-state index in [-0.39, 0.29) is 0 Å². The van der Waals surface area contributed by atoms with Crippen molar-refractivity contribution in [1.82, 2.24) is 0 Å². The maximum absolute atomic E-state index is 10.5. The highest BCUT2D eigenvalue weighted by Gasteiger charge is 2.03. The van der Waals surface area contributed by atoms with E-state index in [4.69, 9.17) is 14.6 Å². The quantitative estimate of drug-likeness (QED) is 0.579. The number of hydrogen-bond donors (Lipinski definition) is 1. The fourth-order valence-electron chi connectivity index (χ4n) is 1.83. The molecule has 0 saturated carbocycles. The first-order valence-corrected chi connectivity index (χ1v) is 6.24. The lowest BCUT2D eigenvalue weighted by atomic mass is 10.0. The van der Waals surface area contributed by atoms with Gasteiger partial charge in [-0.3, -0.25) is 0 Å². The Bertz CT molecular complexity index is 438. The molecular weight excluding hydrogens is 244 g/mol. The molecule has 0 aliphatic carbocycles. The fraction of sp³-hybridized carbons (Fsp3) is 0.400. The predicted molar refractivity (Wildman–Crippen MR) is 74.5 cm³/mol. The zero-order valence-corrected chi connectivity index (χ0v) is 11.4. The van der Waals surface area contributed by atoms with Crippen LogP contribution in [0.3, 0.4) is 0 Å². The lowest BCUT2D eigenvalue weighted by molar-refractivity contribution is -0.131. The highest BCUT2D eigenvalue weighted by atomic mass is 16.5. The number of carboxylic acid groups (broad SMARTS) is 1. The Morgan fingerprint density at radius 3 is 2.74 bits per heavy atom. The van der Waals surface area contributed by atoms with Crippen LogP contribution in [0.4, 0.5) is 0 Å². The third-order valence-electron chi connectivity index (χ3n) is 2.77. The summed E-state index contributed by atoms with van der Waals surface area (Å²) in [6, 6.07) is 5.68. The molecule has 0 unspecified atom stereocenters. The average molecular weight is 264 g/mol. The van der Waals surface area contributed by atoms with Crippen LogP contribution in [0.5, 0.6) is 5.75 Å². The van der Waals surface area contributed by atoms with Gasteiger partial charge in [0.2, 0.25) is 0 Å². The van der Waals surface area contributed by atoms with E-state index in [2.05, 4.69) is 0 Å². The Kier molecular flexibility index (Phi) is 6.68. The number of benzene rings is 1. The fourth-order valence-corrected chi connectivity index (χ4v) is 1.83. The van der Waals surface area contributed by atoms with Gasteiger partial charge in [0.05, 0.1) is 7.11 Å². The molecule has 1 aromatic rings. The van der Waals surface area contributed by atoms with Gasteiger partial charge in [-0.25, -0.2) is 4.79 Å². The van der Waals surface area contributed by atoms with E-state index in [0.29, 0.717) is 0 Å². The van der Waals surface area contributed by atoms with E-state index in [9.17, 15) is 4.79 Å². The lowest BCUT2D eigenvalue weighted by Gasteiger charge is -2.09. The number of carboxylic acids is 1. The molecule has 0 spiro atoms. The number of unbranched alkanes of at least 4 members (excludes halogenated alkanes) is 1. The van der Waals surface area contributed by atoms with Crippen LogP contribution in [-0.4, -0.2) is 31.9 Å². The second-order valence-corrected chi connectivity index (χ2v) is 4.19. The van der Waals surface area contributed by atoms with Crippen LogP contribution in [-0.2, 0) is 16.0 Å². The highest BCUT2D eigenvalue weighted by molar-refractivity contribution is 5.85. The average Bonchev–Trinajstić information content (AvgIpc) is 2.41. The normalized spacial score (nSPS) is 10.8. The molecular formula is C15H20O4. The van der Waals surface area contributed by atoms with Crippen molar-refractivity contribution < 1.29 is 19.4 Å². The molecule has 0 bridgehead atoms. The molecule has 0 aromatic heterocycles. The summed E-state index contributed by atoms with van der Waals surface area (Å²) in [5.74, 6) is -0.109. The molecule has 0 saturated heterocycles. The number of aryl methyl sites for hydroxylation is 1. The zero-order chi connectivity index (χ0) is 14.1. The summed E-state index contributed by atoms with van der Waals surface area (Å²) < 4.78 is 10.3. The van der Waals surface area contributed by atoms with Gasteiger partial charge in [0.25, 0.3) is 0 Å². The Hall–Kier alpha value is -1.81. The zero-order valence-electron chi connectivity index (χ0n) is 11.4. The molecule has 0 heterocycles. The van der Waals surface area contributed by atoms with Crippen LogP contribution in [0.1, 0.15) is 24.0 Å². The van der Waals surface area contributed by atoms with Crippen LogP contribution in [0, 0.1) is 0 Å². The van der Waals surface area contributed by atoms with Gasteiger partial charge in [-0.05, 0) is 48.6 Å². The van der Waals surface area contributed by atoms with Gasteiger partial charge in [-0.2, -0.15) is 0 Å². The predicted octanol–water partition coefficient (Wildman–Crippen LogP) is 2.76. The van der Waals surface area contributed by atoms with Gasteiger partial charge in [-0.15, -0.1) is 0 Å². The Labute approximate surface area is 113 Å². The van der Waals surface area contributed by atoms with Crippen LogP contribution in [0.15, 0.2) is 24.3 Å². The molecule has 0 aliphatic heterocycles. The summed E-state index contributed by atoms with van der Waals surface area (Å²) in [7, 11) is 3.33. The van der Waals surface area contributed by atoms with Crippen LogP contribution < -0.4 is 4.74 Å². The molecule has 0 atom stereocenters. The van der Waals surface area contributed by atoms with Crippen molar-refractivity contribution >= 4 is 12.0 Å². The number of carbonyl (C=O) groups is 1. The smallest absolute Gasteiger partial charge is 0.328 e. The summed E-state index contributed by atoms with van der Waals surface area (Å²) in [6.07, 6.45) is 5.61. The van der Waals surface area contributed by atoms with E-state index in [1.54, 1.807) is 20.3 Å². The Balaban J connectivity index is 2.75. The van der Waals surface area contributed by atoms with Crippen molar-refractivity contribution in [2.45, 2.75) is 19.3 Å². The molecule has 19 heavy (non-hydrogen) atoms. The van der Waals surface area contributed by atoms with Crippen LogP contribution >= 0.6 is 0 Å². The molecule has 104 valence electrons. The van der Waals surface area contributed by atoms with Crippen LogP contribution in [0.25, 0.3) is 6.08 Å². The van der Waals surface area contributed by atoms with Gasteiger partial charge in [0, 0.05) is 19.8 Å². The molecule has 4 nitrogen and oxygen atoms in total. The minimum atomic E-state index is -0.947. The molecule has 0 fully saturated rings. The lowest BCUT2D eigenvalue weighted by Crippen LogP contribution is -1.96. The van der Waals surface area contributed by atoms with E-state index in [1.165, 1.54) is 0 Å². The number of methoxy groups -OCH3 is 2. The minimum absolute atomic E-state index is 0.751. The van der Waals surface area contributed by atoms with Crippen molar-refractivity contribution in [2.75, 3.05) is 20.8 Å². The first-order chi connectivity index (χ1) is 9.17. The number of aliphatic carboxylic acids is 1. The Morgan fingerprint density at radius 1 is 1.32 bits per heavy atom. The van der Waals surface area contributed by atoms with Crippen molar-refractivity contribution in [1.29, 1.82) is 0 Å². The number of hydrogen-bond acceptors (Lipinski definition) is 3. The number of rotatable bonds is 8. The largest absolute Gasteiger partial charge is 0.496 e. The third-order valence-corrected chi connectivity index (χ3v) is 2.77. The van der Waals surface area contributed by atoms with Crippen molar-refractivity contribution in [3.05, 3.63) is 35.4 Å². The van der Waals surface area contributed by atoms with E-state index in [1.807, 2.05) is 18.2 Å². The SMILES string of the molecule is COCCCCc1cc(C=CC(=O)O)ccc1OC. The van der Waals surface area contributed by atoms with Gasteiger partial charge in [-0.1, -0.05) is 6.07 Å². The van der Waals surface area contributed by atoms with E-state index >= 15 is 0 Å². The molecule has 1 aromatic carbocycles. The third kappa shape index (κ3) is 5.57. The van der Waals surface area contributed by atoms with Crippen molar-refractivity contribution in [3.63, 3.8) is 0 Å². The second kappa shape index (κ2) is 8.32. The maximum Gasteiger partial charge on any atom is 0.328 e. The molecule has 4 heteroatoms. The summed E-state index contributed by atoms with van der Waals surface area (Å²) in [5, 5.41) is 8.62. The van der Waals surface area contributed by atoms with Gasteiger partial charge >= 0.3 is 5.97 Å². The molecule has 1 N–H and O–H groups in total. The van der Waals surface area contributed by atoms with Crippen LogP contribution in [0.2, 0.25) is 0 Å². The number of ether oxygens (including phenoxy) is 2. The summed E-state index contributed by atoms with van der Waals surface area (Å²) in [4.78, 5) is 10.5. The monoisotopic (exact) mass is 264 g/mol. The molecule has 0 amide bonds. The van der Waals surface area contributed by atoms with E-state index in [0.717, 1.165) is 48.8 Å². The van der Waals surface area contributed by atoms with Crippen molar-refractivity contribution in [2.24, 2.45) is 0 Å². The second-order valence-electron chi connectivity index (χ2n) is 4.19. The Morgan fingerprint density at radius 2 is 2.11 bits per heavy atom. The standard InChI is InChI=1S/C15H20O4/c1-18-10-4-3-5-13-11-12(7-9-15(16)17)6-8-14(13)19-2/h6-9,11H,3-5,10H2,1-2H3,(H,16,17). The first kappa shape index (κ1) is 15.2. The molecule has 1 rings (SSSR count). The van der Waals surface area contributed by atoms with Gasteiger partial charge in [0.1, 0.15) is 5.75 Å². The summed E-state index contributed by atoms with van der Waals surface area (Å²) in [6.45, 7) is 0.751. The molecule has 0 radical (unpaired) electrons. The van der Waals surface area contributed by atoms with Gasteiger partial charge in [0.15, 0.2) is 0 Å². The topological polar surface area (TPSA) is 55.8 Å². The summed E-state index contributed by atoms with van der Waals surface area (Å²) in [5.41, 5.74) is 1.95. The van der Waals surface area contributed by atoms with Crippen molar-refractivity contribution in [3.8, 4) is 5.75 Å². The van der Waals surface area contributed by atoms with E-state index < -0.39 is 5.97 Å². The highest BCUT2D eigenvalue weighted by Crippen LogP contribution is 2.22. The minimum Gasteiger partial charge on any atom is -0.496 e. The maximum atomic E-state index is 10.5. The molecule has 0 aliphatic rings. The van der Waals surface area contributed by atoms with Gasteiger partial charge < -0.3 is 14.6 Å². The first-order valence-electron chi connectivity index (χ1n) is 6.24.